The zero-order valence-corrected chi connectivity index (χ0v) is 21.8. The highest BCUT2D eigenvalue weighted by Gasteiger charge is 2.24. The van der Waals surface area contributed by atoms with Gasteiger partial charge in [-0.15, -0.1) is 5.10 Å². The fraction of sp³-hybridized carbons (Fsp3) is 0.440. The summed E-state index contributed by atoms with van der Waals surface area (Å²) in [5.74, 6) is 1.17. The zero-order valence-electron chi connectivity index (χ0n) is 21.8. The summed E-state index contributed by atoms with van der Waals surface area (Å²) in [6.45, 7) is 5.73. The van der Waals surface area contributed by atoms with Crippen molar-refractivity contribution in [2.45, 2.75) is 33.0 Å². The number of rotatable bonds is 5. The Morgan fingerprint density at radius 2 is 2.11 bits per heavy atom. The molecule has 0 radical (unpaired) electrons. The first-order valence-corrected chi connectivity index (χ1v) is 12.3. The number of hydrogen-bond acceptors (Lipinski definition) is 9. The van der Waals surface area contributed by atoms with Crippen molar-refractivity contribution in [1.82, 2.24) is 45.0 Å². The van der Waals surface area contributed by atoms with Crippen LogP contribution >= 0.6 is 0 Å². The maximum atomic E-state index is 9.71. The average Bonchev–Trinajstić information content (AvgIpc) is 3.52. The van der Waals surface area contributed by atoms with Crippen LogP contribution in [0.4, 0.5) is 0 Å². The van der Waals surface area contributed by atoms with E-state index < -0.39 is 0 Å². The van der Waals surface area contributed by atoms with Crippen molar-refractivity contribution in [2.75, 3.05) is 34.0 Å². The molecule has 0 amide bonds. The molecule has 4 aromatic rings. The Kier molecular flexibility index (Phi) is 6.96. The highest BCUT2D eigenvalue weighted by molar-refractivity contribution is 5.92. The van der Waals surface area contributed by atoms with Gasteiger partial charge in [-0.25, -0.2) is 4.68 Å². The molecule has 3 N–H and O–H groups in total. The van der Waals surface area contributed by atoms with Gasteiger partial charge in [-0.3, -0.25) is 25.0 Å². The summed E-state index contributed by atoms with van der Waals surface area (Å²) in [6.07, 6.45) is 5.72. The molecule has 4 aromatic heterocycles. The molecular formula is C25H33N9O3. The van der Waals surface area contributed by atoms with Crippen LogP contribution < -0.4 is 14.8 Å². The topological polar surface area (TPSA) is 131 Å². The van der Waals surface area contributed by atoms with Gasteiger partial charge in [0.15, 0.2) is 0 Å². The summed E-state index contributed by atoms with van der Waals surface area (Å²) in [4.78, 5) is 6.88. The minimum Gasteiger partial charge on any atom is -0.476 e. The SMILES string of the molecule is CNCOc1nn(CCO)c2c1/C=C/c1n[nH]c3cnc(cc13)-c1c(C)nn(C)c1OC[C@H](C)N(C)C2. The lowest BCUT2D eigenvalue weighted by Gasteiger charge is -2.25. The number of aliphatic hydroxyl groups is 1. The van der Waals surface area contributed by atoms with E-state index in [0.717, 1.165) is 44.8 Å². The van der Waals surface area contributed by atoms with Gasteiger partial charge >= 0.3 is 0 Å². The van der Waals surface area contributed by atoms with Crippen LogP contribution in [0.2, 0.25) is 0 Å². The van der Waals surface area contributed by atoms with Crippen molar-refractivity contribution in [3.05, 3.63) is 34.9 Å². The fourth-order valence-electron chi connectivity index (χ4n) is 4.53. The third-order valence-corrected chi connectivity index (χ3v) is 6.65. The van der Waals surface area contributed by atoms with Crippen LogP contribution in [-0.4, -0.2) is 84.8 Å². The Bertz CT molecular complexity index is 1440. The first-order chi connectivity index (χ1) is 17.9. The quantitative estimate of drug-likeness (QED) is 0.346. The van der Waals surface area contributed by atoms with Gasteiger partial charge in [0.2, 0.25) is 11.8 Å². The maximum Gasteiger partial charge on any atom is 0.241 e. The molecule has 196 valence electrons. The molecule has 1 aliphatic rings. The first-order valence-electron chi connectivity index (χ1n) is 12.3. The Morgan fingerprint density at radius 3 is 2.89 bits per heavy atom. The van der Waals surface area contributed by atoms with E-state index in [1.165, 1.54) is 0 Å². The lowest BCUT2D eigenvalue weighted by Crippen LogP contribution is -2.35. The molecule has 0 aromatic carbocycles. The molecule has 0 saturated heterocycles. The number of hydrogen-bond donors (Lipinski definition) is 3. The van der Waals surface area contributed by atoms with Crippen LogP contribution in [0.1, 0.15) is 29.6 Å². The number of nitrogens with zero attached hydrogens (tertiary/aromatic N) is 7. The smallest absolute Gasteiger partial charge is 0.241 e. The number of likely N-dealkylation sites (N-methyl/N-ethyl adjacent to an activating group) is 1. The summed E-state index contributed by atoms with van der Waals surface area (Å²) in [5, 5.41) is 30.5. The third kappa shape index (κ3) is 4.70. The number of pyridine rings is 1. The van der Waals surface area contributed by atoms with Gasteiger partial charge in [0.25, 0.3) is 0 Å². The number of aromatic nitrogens is 7. The second kappa shape index (κ2) is 10.3. The number of nitrogens with one attached hydrogen (secondary N) is 2. The van der Waals surface area contributed by atoms with Crippen LogP contribution in [0.5, 0.6) is 11.8 Å². The highest BCUT2D eigenvalue weighted by atomic mass is 16.5. The Labute approximate surface area is 214 Å². The second-order valence-electron chi connectivity index (χ2n) is 9.28. The number of ether oxygens (including phenoxy) is 2. The van der Waals surface area contributed by atoms with E-state index >= 15 is 0 Å². The largest absolute Gasteiger partial charge is 0.476 e. The standard InChI is InChI=1S/C25H33N9O3/c1-15-13-36-25-23(16(2)30-33(25)5)20-10-18-19(28-29-21(18)11-27-20)7-6-17-22(12-32(15)4)34(8-9-35)31-24(17)37-14-26-3/h6-7,10-11,15,26,35H,8-9,12-14H2,1-5H3,(H,28,29)/b7-6+/t15-/m0/s1. The number of aromatic amines is 1. The van der Waals surface area contributed by atoms with E-state index in [2.05, 4.69) is 42.5 Å². The van der Waals surface area contributed by atoms with E-state index in [9.17, 15) is 5.11 Å². The molecule has 0 fully saturated rings. The number of H-pyrrole nitrogens is 1. The third-order valence-electron chi connectivity index (χ3n) is 6.65. The molecule has 5 heterocycles. The molecule has 1 aliphatic heterocycles. The monoisotopic (exact) mass is 507 g/mol. The Hall–Kier alpha value is -3.74. The molecular weight excluding hydrogens is 474 g/mol. The maximum absolute atomic E-state index is 9.71. The fourth-order valence-corrected chi connectivity index (χ4v) is 4.53. The lowest BCUT2D eigenvalue weighted by atomic mass is 10.1. The van der Waals surface area contributed by atoms with Crippen molar-refractivity contribution in [3.63, 3.8) is 0 Å². The van der Waals surface area contributed by atoms with Gasteiger partial charge in [0.05, 0.1) is 58.8 Å². The summed E-state index contributed by atoms with van der Waals surface area (Å²) >= 11 is 0. The van der Waals surface area contributed by atoms with Crippen molar-refractivity contribution in [2.24, 2.45) is 7.05 Å². The predicted molar refractivity (Wildman–Crippen MR) is 140 cm³/mol. The summed E-state index contributed by atoms with van der Waals surface area (Å²) in [6, 6.07) is 2.08. The zero-order chi connectivity index (χ0) is 26.1. The number of fused-ring (bicyclic) bond motifs is 4. The predicted octanol–water partition coefficient (Wildman–Crippen LogP) is 1.79. The van der Waals surface area contributed by atoms with Crippen LogP contribution in [0.3, 0.4) is 0 Å². The highest BCUT2D eigenvalue weighted by Crippen LogP contribution is 2.34. The molecule has 37 heavy (non-hydrogen) atoms. The Morgan fingerprint density at radius 1 is 1.27 bits per heavy atom. The van der Waals surface area contributed by atoms with E-state index in [4.69, 9.17) is 9.47 Å². The van der Waals surface area contributed by atoms with Crippen molar-refractivity contribution in [1.29, 1.82) is 0 Å². The minimum absolute atomic E-state index is 0.0337. The van der Waals surface area contributed by atoms with Crippen LogP contribution in [-0.2, 0) is 20.1 Å². The van der Waals surface area contributed by atoms with Gasteiger partial charge < -0.3 is 14.6 Å². The van der Waals surface area contributed by atoms with Gasteiger partial charge in [0.1, 0.15) is 13.3 Å². The average molecular weight is 508 g/mol. The summed E-state index contributed by atoms with van der Waals surface area (Å²) in [7, 11) is 5.74. The van der Waals surface area contributed by atoms with Gasteiger partial charge in [0, 0.05) is 25.0 Å². The van der Waals surface area contributed by atoms with E-state index in [0.29, 0.717) is 38.2 Å². The van der Waals surface area contributed by atoms with Gasteiger partial charge in [-0.05, 0) is 46.2 Å². The van der Waals surface area contributed by atoms with Gasteiger partial charge in [-0.1, -0.05) is 0 Å². The molecule has 0 unspecified atom stereocenters. The molecule has 12 nitrogen and oxygen atoms in total. The first kappa shape index (κ1) is 24.9. The van der Waals surface area contributed by atoms with Crippen LogP contribution in [0, 0.1) is 6.92 Å². The van der Waals surface area contributed by atoms with E-state index in [1.54, 1.807) is 15.6 Å². The molecule has 0 spiro atoms. The molecule has 12 heteroatoms. The van der Waals surface area contributed by atoms with Crippen molar-refractivity contribution in [3.8, 4) is 23.0 Å². The molecule has 1 atom stereocenters. The van der Waals surface area contributed by atoms with Crippen molar-refractivity contribution < 1.29 is 14.6 Å². The molecule has 5 rings (SSSR count). The van der Waals surface area contributed by atoms with Crippen molar-refractivity contribution >= 4 is 23.1 Å². The second-order valence-corrected chi connectivity index (χ2v) is 9.28. The molecule has 0 saturated carbocycles. The molecule has 2 bridgehead atoms. The molecule has 0 aliphatic carbocycles. The van der Waals surface area contributed by atoms with Gasteiger partial charge in [-0.2, -0.15) is 10.2 Å². The van der Waals surface area contributed by atoms with Crippen LogP contribution in [0.15, 0.2) is 12.3 Å². The summed E-state index contributed by atoms with van der Waals surface area (Å²) in [5.41, 5.74) is 5.85. The van der Waals surface area contributed by atoms with E-state index in [-0.39, 0.29) is 12.6 Å². The lowest BCUT2D eigenvalue weighted by molar-refractivity contribution is 0.156. The normalized spacial score (nSPS) is 17.2. The number of aliphatic hydroxyl groups excluding tert-OH is 1. The Balaban J connectivity index is 1.69. The summed E-state index contributed by atoms with van der Waals surface area (Å²) < 4.78 is 15.8. The van der Waals surface area contributed by atoms with E-state index in [1.807, 2.05) is 46.3 Å². The van der Waals surface area contributed by atoms with Crippen LogP contribution in [0.25, 0.3) is 34.3 Å². The minimum atomic E-state index is -0.0337. The number of aryl methyl sites for hydroxylation is 2.